The zero-order valence-corrected chi connectivity index (χ0v) is 14.5. The van der Waals surface area contributed by atoms with Gasteiger partial charge in [0.25, 0.3) is 0 Å². The Morgan fingerprint density at radius 2 is 1.91 bits per heavy atom. The predicted molar refractivity (Wildman–Crippen MR) is 92.1 cm³/mol. The summed E-state index contributed by atoms with van der Waals surface area (Å²) >= 11 is 0. The molecule has 1 fully saturated rings. The third-order valence-corrected chi connectivity index (χ3v) is 5.93. The zero-order valence-electron chi connectivity index (χ0n) is 13.7. The van der Waals surface area contributed by atoms with Gasteiger partial charge in [-0.1, -0.05) is 24.3 Å². The molecule has 2 heterocycles. The molecule has 3 rings (SSSR count). The molecule has 0 saturated carbocycles. The van der Waals surface area contributed by atoms with Crippen LogP contribution >= 0.6 is 0 Å². The average Bonchev–Trinajstić information content (AvgIpc) is 2.54. The maximum absolute atomic E-state index is 11.8. The van der Waals surface area contributed by atoms with E-state index in [1.807, 2.05) is 25.1 Å². The third-order valence-electron chi connectivity index (χ3n) is 4.59. The van der Waals surface area contributed by atoms with Crippen molar-refractivity contribution in [3.05, 3.63) is 30.0 Å². The quantitative estimate of drug-likeness (QED) is 0.856. The SMILES string of the molecule is Cc1nnc(N2CCCC(N(C)S(C)(=O)=O)C2)c2ccccc12. The van der Waals surface area contributed by atoms with Crippen LogP contribution in [-0.2, 0) is 10.0 Å². The number of hydrogen-bond acceptors (Lipinski definition) is 5. The van der Waals surface area contributed by atoms with Crippen molar-refractivity contribution in [1.82, 2.24) is 14.5 Å². The lowest BCUT2D eigenvalue weighted by atomic mass is 10.0. The van der Waals surface area contributed by atoms with E-state index in [1.165, 1.54) is 10.6 Å². The maximum Gasteiger partial charge on any atom is 0.211 e. The second kappa shape index (κ2) is 6.05. The smallest absolute Gasteiger partial charge is 0.211 e. The highest BCUT2D eigenvalue weighted by Gasteiger charge is 2.29. The summed E-state index contributed by atoms with van der Waals surface area (Å²) in [4.78, 5) is 2.16. The molecule has 6 nitrogen and oxygen atoms in total. The topological polar surface area (TPSA) is 66.4 Å². The van der Waals surface area contributed by atoms with Crippen LogP contribution < -0.4 is 4.90 Å². The van der Waals surface area contributed by atoms with Crippen LogP contribution in [0.2, 0.25) is 0 Å². The Balaban J connectivity index is 1.95. The van der Waals surface area contributed by atoms with Crippen molar-refractivity contribution >= 4 is 26.6 Å². The fourth-order valence-electron chi connectivity index (χ4n) is 3.17. The van der Waals surface area contributed by atoms with Crippen molar-refractivity contribution in [2.24, 2.45) is 0 Å². The van der Waals surface area contributed by atoms with Gasteiger partial charge in [-0.25, -0.2) is 12.7 Å². The van der Waals surface area contributed by atoms with Gasteiger partial charge in [0.1, 0.15) is 0 Å². The van der Waals surface area contributed by atoms with Gasteiger partial charge in [-0.05, 0) is 19.8 Å². The number of aromatic nitrogens is 2. The average molecular weight is 334 g/mol. The summed E-state index contributed by atoms with van der Waals surface area (Å²) in [5, 5.41) is 10.8. The van der Waals surface area contributed by atoms with Crippen LogP contribution in [0.4, 0.5) is 5.82 Å². The fraction of sp³-hybridized carbons (Fsp3) is 0.500. The van der Waals surface area contributed by atoms with E-state index in [9.17, 15) is 8.42 Å². The number of benzene rings is 1. The first-order chi connectivity index (χ1) is 10.9. The molecule has 124 valence electrons. The van der Waals surface area contributed by atoms with Crippen molar-refractivity contribution in [2.75, 3.05) is 31.3 Å². The number of fused-ring (bicyclic) bond motifs is 1. The number of anilines is 1. The zero-order chi connectivity index (χ0) is 16.6. The molecule has 1 aliphatic heterocycles. The summed E-state index contributed by atoms with van der Waals surface area (Å²) in [5.41, 5.74) is 0.908. The van der Waals surface area contributed by atoms with Crippen molar-refractivity contribution in [2.45, 2.75) is 25.8 Å². The van der Waals surface area contributed by atoms with Gasteiger partial charge in [0.2, 0.25) is 10.0 Å². The highest BCUT2D eigenvalue weighted by atomic mass is 32.2. The molecule has 7 heteroatoms. The van der Waals surface area contributed by atoms with Gasteiger partial charge in [0.05, 0.1) is 11.9 Å². The van der Waals surface area contributed by atoms with Crippen LogP contribution in [0.1, 0.15) is 18.5 Å². The molecule has 2 aromatic rings. The molecule has 0 amide bonds. The molecule has 0 spiro atoms. The summed E-state index contributed by atoms with van der Waals surface area (Å²) in [7, 11) is -1.53. The molecule has 23 heavy (non-hydrogen) atoms. The van der Waals surface area contributed by atoms with Gasteiger partial charge in [0, 0.05) is 37.0 Å². The van der Waals surface area contributed by atoms with Crippen LogP contribution in [0.25, 0.3) is 10.8 Å². The van der Waals surface area contributed by atoms with Gasteiger partial charge in [-0.15, -0.1) is 5.10 Å². The Morgan fingerprint density at radius 3 is 2.61 bits per heavy atom. The van der Waals surface area contributed by atoms with E-state index in [-0.39, 0.29) is 6.04 Å². The first kappa shape index (κ1) is 16.1. The van der Waals surface area contributed by atoms with E-state index in [2.05, 4.69) is 21.2 Å². The van der Waals surface area contributed by atoms with Crippen LogP contribution in [0.3, 0.4) is 0 Å². The van der Waals surface area contributed by atoms with Crippen LogP contribution in [-0.4, -0.2) is 55.4 Å². The molecule has 1 atom stereocenters. The number of sulfonamides is 1. The van der Waals surface area contributed by atoms with E-state index in [4.69, 9.17) is 0 Å². The standard InChI is InChI=1S/C16H22N4O2S/c1-12-14-8-4-5-9-15(14)16(18-17-12)20-10-6-7-13(11-20)19(2)23(3,21)22/h4-5,8-9,13H,6-7,10-11H2,1-3H3. The van der Waals surface area contributed by atoms with Crippen molar-refractivity contribution in [1.29, 1.82) is 0 Å². The number of likely N-dealkylation sites (N-methyl/N-ethyl adjacent to an activating group) is 1. The van der Waals surface area contributed by atoms with Gasteiger partial charge < -0.3 is 4.90 Å². The van der Waals surface area contributed by atoms with Gasteiger partial charge in [0.15, 0.2) is 5.82 Å². The van der Waals surface area contributed by atoms with E-state index < -0.39 is 10.0 Å². The summed E-state index contributed by atoms with van der Waals surface area (Å²) in [6, 6.07) is 8.07. The van der Waals surface area contributed by atoms with Gasteiger partial charge in [-0.2, -0.15) is 5.10 Å². The van der Waals surface area contributed by atoms with E-state index >= 15 is 0 Å². The van der Waals surface area contributed by atoms with Crippen LogP contribution in [0.15, 0.2) is 24.3 Å². The lowest BCUT2D eigenvalue weighted by Crippen LogP contribution is -2.48. The Kier molecular flexibility index (Phi) is 4.25. The molecule has 0 aliphatic carbocycles. The fourth-order valence-corrected chi connectivity index (χ4v) is 3.89. The third kappa shape index (κ3) is 3.16. The Labute approximate surface area is 137 Å². The molecule has 1 aromatic carbocycles. The minimum atomic E-state index is -3.19. The minimum absolute atomic E-state index is 0.0272. The molecule has 0 radical (unpaired) electrons. The number of hydrogen-bond donors (Lipinski definition) is 0. The maximum atomic E-state index is 11.8. The van der Waals surface area contributed by atoms with E-state index in [1.54, 1.807) is 7.05 Å². The molecule has 1 aliphatic rings. The van der Waals surface area contributed by atoms with Gasteiger partial charge >= 0.3 is 0 Å². The highest BCUT2D eigenvalue weighted by molar-refractivity contribution is 7.88. The summed E-state index contributed by atoms with van der Waals surface area (Å²) in [6.45, 7) is 3.47. The highest BCUT2D eigenvalue weighted by Crippen LogP contribution is 2.28. The molecular weight excluding hydrogens is 312 g/mol. The Bertz CT molecular complexity index is 822. The Hall–Kier alpha value is -1.73. The molecule has 0 bridgehead atoms. The number of aryl methyl sites for hydroxylation is 1. The van der Waals surface area contributed by atoms with Crippen molar-refractivity contribution < 1.29 is 8.42 Å². The lowest BCUT2D eigenvalue weighted by Gasteiger charge is -2.37. The second-order valence-electron chi connectivity index (χ2n) is 6.18. The van der Waals surface area contributed by atoms with Gasteiger partial charge in [-0.3, -0.25) is 0 Å². The lowest BCUT2D eigenvalue weighted by molar-refractivity contribution is 0.321. The minimum Gasteiger partial charge on any atom is -0.353 e. The summed E-state index contributed by atoms with van der Waals surface area (Å²) in [6.07, 6.45) is 3.07. The molecule has 1 saturated heterocycles. The Morgan fingerprint density at radius 1 is 1.22 bits per heavy atom. The first-order valence-corrected chi connectivity index (χ1v) is 9.63. The summed E-state index contributed by atoms with van der Waals surface area (Å²) in [5.74, 6) is 0.845. The summed E-state index contributed by atoms with van der Waals surface area (Å²) < 4.78 is 25.1. The van der Waals surface area contributed by atoms with E-state index in [0.29, 0.717) is 6.54 Å². The normalized spacial score (nSPS) is 19.5. The number of rotatable bonds is 3. The van der Waals surface area contributed by atoms with Crippen molar-refractivity contribution in [3.63, 3.8) is 0 Å². The number of nitrogens with zero attached hydrogens (tertiary/aromatic N) is 4. The second-order valence-corrected chi connectivity index (χ2v) is 8.22. The predicted octanol–water partition coefficient (Wildman–Crippen LogP) is 1.80. The van der Waals surface area contributed by atoms with Crippen LogP contribution in [0, 0.1) is 6.92 Å². The molecule has 1 unspecified atom stereocenters. The molecular formula is C16H22N4O2S. The largest absolute Gasteiger partial charge is 0.353 e. The molecule has 1 aromatic heterocycles. The first-order valence-electron chi connectivity index (χ1n) is 7.78. The van der Waals surface area contributed by atoms with Crippen molar-refractivity contribution in [3.8, 4) is 0 Å². The van der Waals surface area contributed by atoms with Crippen LogP contribution in [0.5, 0.6) is 0 Å². The van der Waals surface area contributed by atoms with E-state index in [0.717, 1.165) is 41.7 Å². The monoisotopic (exact) mass is 334 g/mol. The molecule has 0 N–H and O–H groups in total. The number of piperidine rings is 1.